The van der Waals surface area contributed by atoms with Crippen molar-refractivity contribution in [2.24, 2.45) is 11.5 Å². The molecule has 4 N–H and O–H groups in total. The molecule has 0 aromatic carbocycles. The molecule has 0 heterocycles. The third-order valence-electron chi connectivity index (χ3n) is 0.167. The molecule has 52 valence electrons. The fourth-order valence-corrected chi connectivity index (χ4v) is 0. The van der Waals surface area contributed by atoms with Crippen LogP contribution in [0.2, 0.25) is 0 Å². The van der Waals surface area contributed by atoms with Crippen LogP contribution in [0.1, 0.15) is 0 Å². The molecule has 8 heavy (non-hydrogen) atoms. The maximum Gasteiger partial charge on any atom is 0.198 e. The molecule has 0 aromatic heterocycles. The monoisotopic (exact) mass is 178 g/mol. The normalized spacial score (nSPS) is 8.25. The molecule has 0 bridgehead atoms. The highest BCUT2D eigenvalue weighted by Gasteiger charge is 1.83. The van der Waals surface area contributed by atoms with E-state index in [-0.39, 0.29) is 0 Å². The van der Waals surface area contributed by atoms with E-state index in [0.717, 1.165) is 0 Å². The lowest BCUT2D eigenvalue weighted by Gasteiger charge is -1.73. The van der Waals surface area contributed by atoms with Crippen molar-refractivity contribution in [1.82, 2.24) is 0 Å². The zero-order valence-electron chi connectivity index (χ0n) is 4.14. The Bertz CT molecular complexity index is 34.5. The maximum absolute atomic E-state index is 9.09. The van der Waals surface area contributed by atoms with Gasteiger partial charge in [-0.25, -0.2) is 0 Å². The van der Waals surface area contributed by atoms with E-state index in [4.69, 9.17) is 16.0 Å². The number of hydrogen-bond acceptors (Lipinski definition) is 3. The zero-order chi connectivity index (χ0) is 6.99. The van der Waals surface area contributed by atoms with Gasteiger partial charge in [0, 0.05) is 13.1 Å². The lowest BCUT2D eigenvalue weighted by atomic mass is 10.7. The third kappa shape index (κ3) is 70.2. The Morgan fingerprint density at radius 3 is 1.38 bits per heavy atom. The summed E-state index contributed by atoms with van der Waals surface area (Å²) in [7, 11) is 7.36. The maximum atomic E-state index is 9.09. The minimum Gasteiger partial charge on any atom is -0.582 e. The first kappa shape index (κ1) is 11.6. The highest BCUT2D eigenvalue weighted by Crippen LogP contribution is 1.98. The minimum absolute atomic E-state index is 0.597. The van der Waals surface area contributed by atoms with E-state index in [1.54, 1.807) is 0 Å². The Morgan fingerprint density at radius 2 is 1.38 bits per heavy atom. The summed E-state index contributed by atoms with van der Waals surface area (Å²) in [5, 5.41) is 0. The number of rotatable bonds is 1. The summed E-state index contributed by atoms with van der Waals surface area (Å²) in [4.78, 5) is 0. The summed E-state index contributed by atoms with van der Waals surface area (Å²) in [5.74, 6) is 0. The van der Waals surface area contributed by atoms with Crippen LogP contribution < -0.4 is 11.5 Å². The second kappa shape index (κ2) is 10.7. The summed E-state index contributed by atoms with van der Waals surface area (Å²) in [6, 6.07) is 0. The van der Waals surface area contributed by atoms with Gasteiger partial charge in [-0.15, -0.1) is 0 Å². The van der Waals surface area contributed by atoms with Gasteiger partial charge in [-0.05, 0) is 0 Å². The molecule has 0 aromatic rings. The van der Waals surface area contributed by atoms with Crippen molar-refractivity contribution in [3.8, 4) is 0 Å². The van der Waals surface area contributed by atoms with Crippen molar-refractivity contribution in [3.05, 3.63) is 0 Å². The fourth-order valence-electron chi connectivity index (χ4n) is 0. The van der Waals surface area contributed by atoms with Crippen molar-refractivity contribution in [1.29, 1.82) is 0 Å². The second-order valence-electron chi connectivity index (χ2n) is 0.762. The predicted molar refractivity (Wildman–Crippen MR) is 38.0 cm³/mol. The van der Waals surface area contributed by atoms with Crippen LogP contribution in [0.5, 0.6) is 0 Å². The average molecular weight is 179 g/mol. The molecule has 0 fully saturated rings. The van der Waals surface area contributed by atoms with Crippen LogP contribution >= 0.6 is 21.4 Å². The zero-order valence-corrected chi connectivity index (χ0v) is 6.47. The van der Waals surface area contributed by atoms with Crippen molar-refractivity contribution in [3.63, 3.8) is 0 Å². The van der Waals surface area contributed by atoms with Crippen molar-refractivity contribution < 1.29 is 4.55 Å². The number of nitrogens with two attached hydrogens (primary N) is 2. The molecule has 0 saturated carbocycles. The van der Waals surface area contributed by atoms with Gasteiger partial charge < -0.3 is 16.0 Å². The molecule has 0 aliphatic heterocycles. The Labute approximate surface area is 60.5 Å². The number of halogens is 2. The van der Waals surface area contributed by atoms with Crippen molar-refractivity contribution in [2.45, 2.75) is 0 Å². The van der Waals surface area contributed by atoms with Crippen LogP contribution in [0.25, 0.3) is 0 Å². The van der Waals surface area contributed by atoms with E-state index in [2.05, 4.69) is 21.4 Å². The Morgan fingerprint density at radius 1 is 1.25 bits per heavy atom. The van der Waals surface area contributed by atoms with E-state index in [1.807, 2.05) is 0 Å². The summed E-state index contributed by atoms with van der Waals surface area (Å²) in [5.41, 5.74) is 9.81. The van der Waals surface area contributed by atoms with Gasteiger partial charge in [0.25, 0.3) is 0 Å². The molecular formula is C2H8Cl2N2OS. The van der Waals surface area contributed by atoms with Crippen LogP contribution in [-0.4, -0.2) is 17.6 Å². The smallest absolute Gasteiger partial charge is 0.198 e. The van der Waals surface area contributed by atoms with Crippen molar-refractivity contribution in [2.75, 3.05) is 13.1 Å². The van der Waals surface area contributed by atoms with E-state index in [1.165, 1.54) is 0 Å². The summed E-state index contributed by atoms with van der Waals surface area (Å²) < 4.78 is 9.09. The van der Waals surface area contributed by atoms with Gasteiger partial charge >= 0.3 is 0 Å². The molecule has 0 unspecified atom stereocenters. The van der Waals surface area contributed by atoms with Gasteiger partial charge in [0.05, 0.1) is 0 Å². The molecule has 3 nitrogen and oxygen atoms in total. The first-order valence-electron chi connectivity index (χ1n) is 1.79. The van der Waals surface area contributed by atoms with Gasteiger partial charge in [-0.2, -0.15) is 0 Å². The highest BCUT2D eigenvalue weighted by atomic mass is 36.0. The largest absolute Gasteiger partial charge is 0.582 e. The first-order valence-corrected chi connectivity index (χ1v) is 4.59. The fraction of sp³-hybridized carbons (Fsp3) is 1.00. The van der Waals surface area contributed by atoms with E-state index in [9.17, 15) is 0 Å². The van der Waals surface area contributed by atoms with Crippen LogP contribution in [0.15, 0.2) is 0 Å². The predicted octanol–water partition coefficient (Wildman–Crippen LogP) is -0.0535. The van der Waals surface area contributed by atoms with Crippen molar-refractivity contribution >= 4 is 31.0 Å². The van der Waals surface area contributed by atoms with Gasteiger partial charge in [-0.1, -0.05) is 0 Å². The van der Waals surface area contributed by atoms with Gasteiger partial charge in [0.2, 0.25) is 0 Å². The van der Waals surface area contributed by atoms with E-state index in [0.29, 0.717) is 13.1 Å². The SMILES string of the molecule is NCCN.[O-][S+](Cl)Cl. The lowest BCUT2D eigenvalue weighted by Crippen LogP contribution is -2.11. The van der Waals surface area contributed by atoms with Gasteiger partial charge in [-0.3, -0.25) is 0 Å². The molecule has 0 saturated heterocycles. The Hall–Kier alpha value is 0.810. The quantitative estimate of drug-likeness (QED) is 0.554. The third-order valence-corrected chi connectivity index (χ3v) is 0.167. The van der Waals surface area contributed by atoms with Crippen LogP contribution in [0.4, 0.5) is 0 Å². The minimum atomic E-state index is -1.67. The standard InChI is InChI=1S/C2H8N2.Cl2OS/c3-1-2-4;1-4(2)3/h1-4H2;. The number of hydrogen-bond donors (Lipinski definition) is 2. The second-order valence-corrected chi connectivity index (χ2v) is 3.29. The molecule has 0 radical (unpaired) electrons. The van der Waals surface area contributed by atoms with E-state index < -0.39 is 9.60 Å². The highest BCUT2D eigenvalue weighted by molar-refractivity contribution is 8.31. The average Bonchev–Trinajstić information content (AvgIpc) is 1.65. The molecule has 6 heteroatoms. The molecule has 0 amide bonds. The summed E-state index contributed by atoms with van der Waals surface area (Å²) in [6.07, 6.45) is 0. The molecule has 0 spiro atoms. The van der Waals surface area contributed by atoms with E-state index >= 15 is 0 Å². The van der Waals surface area contributed by atoms with Crippen LogP contribution in [0, 0.1) is 0 Å². The molecule has 0 aliphatic carbocycles. The first-order chi connectivity index (χ1) is 3.65. The van der Waals surface area contributed by atoms with Gasteiger partial charge in [0.1, 0.15) is 0 Å². The van der Waals surface area contributed by atoms with Crippen LogP contribution in [0.3, 0.4) is 0 Å². The summed E-state index contributed by atoms with van der Waals surface area (Å²) >= 11 is 0. The lowest BCUT2D eigenvalue weighted by molar-refractivity contribution is 0.620. The van der Waals surface area contributed by atoms with Gasteiger partial charge in [0.15, 0.2) is 31.0 Å². The topological polar surface area (TPSA) is 75.1 Å². The summed E-state index contributed by atoms with van der Waals surface area (Å²) in [6.45, 7) is 1.19. The Balaban J connectivity index is 0. The molecule has 0 rings (SSSR count). The van der Waals surface area contributed by atoms with Crippen LogP contribution in [-0.2, 0) is 9.60 Å². The molecular weight excluding hydrogens is 171 g/mol. The molecule has 0 atom stereocenters. The molecule has 0 aliphatic rings. The Kier molecular flexibility index (Phi) is 15.5.